The van der Waals surface area contributed by atoms with Crippen LogP contribution >= 0.6 is 0 Å². The number of fused-ring (bicyclic) bond motifs is 1. The zero-order chi connectivity index (χ0) is 13.8. The fraction of sp³-hybridized carbons (Fsp3) is 0.533. The number of benzene rings is 1. The van der Waals surface area contributed by atoms with Crippen molar-refractivity contribution in [1.29, 1.82) is 0 Å². The summed E-state index contributed by atoms with van der Waals surface area (Å²) in [7, 11) is 0. The van der Waals surface area contributed by atoms with Crippen LogP contribution in [-0.2, 0) is 4.74 Å². The van der Waals surface area contributed by atoms with Crippen molar-refractivity contribution in [3.63, 3.8) is 0 Å². The van der Waals surface area contributed by atoms with E-state index in [1.54, 1.807) is 18.2 Å². The van der Waals surface area contributed by atoms with Crippen LogP contribution in [0.15, 0.2) is 18.2 Å². The Labute approximate surface area is 113 Å². The van der Waals surface area contributed by atoms with Gasteiger partial charge >= 0.3 is 0 Å². The van der Waals surface area contributed by atoms with Crippen LogP contribution in [0.4, 0.5) is 0 Å². The van der Waals surface area contributed by atoms with Gasteiger partial charge in [-0.1, -0.05) is 13.8 Å². The highest BCUT2D eigenvalue weighted by atomic mass is 16.7. The molecular formula is C15H20O4. The molecule has 0 amide bonds. The Morgan fingerprint density at radius 1 is 1.26 bits per heavy atom. The van der Waals surface area contributed by atoms with Gasteiger partial charge in [0.15, 0.2) is 17.3 Å². The van der Waals surface area contributed by atoms with Gasteiger partial charge in [0.1, 0.15) is 6.61 Å². The average molecular weight is 264 g/mol. The molecular weight excluding hydrogens is 244 g/mol. The van der Waals surface area contributed by atoms with Crippen LogP contribution in [0, 0.1) is 5.92 Å². The Balaban J connectivity index is 1.90. The lowest BCUT2D eigenvalue weighted by molar-refractivity contribution is 0.0445. The zero-order valence-electron chi connectivity index (χ0n) is 11.6. The second-order valence-electron chi connectivity index (χ2n) is 5.24. The van der Waals surface area contributed by atoms with Gasteiger partial charge in [-0.15, -0.1) is 0 Å². The Bertz CT molecular complexity index is 453. The Morgan fingerprint density at radius 2 is 2.00 bits per heavy atom. The molecule has 0 aromatic heterocycles. The summed E-state index contributed by atoms with van der Waals surface area (Å²) in [6.45, 7) is 6.59. The van der Waals surface area contributed by atoms with Crippen LogP contribution in [0.25, 0.3) is 0 Å². The molecule has 0 N–H and O–H groups in total. The van der Waals surface area contributed by atoms with Crippen LogP contribution < -0.4 is 9.47 Å². The van der Waals surface area contributed by atoms with Crippen molar-refractivity contribution in [2.75, 3.05) is 13.4 Å². The van der Waals surface area contributed by atoms with Gasteiger partial charge < -0.3 is 14.2 Å². The lowest BCUT2D eigenvalue weighted by Crippen LogP contribution is -2.17. The number of ketones is 1. The minimum atomic E-state index is -0.0334. The van der Waals surface area contributed by atoms with E-state index < -0.39 is 0 Å². The molecule has 1 unspecified atom stereocenters. The molecule has 0 aliphatic carbocycles. The Morgan fingerprint density at radius 3 is 2.74 bits per heavy atom. The monoisotopic (exact) mass is 264 g/mol. The van der Waals surface area contributed by atoms with Gasteiger partial charge in [0.25, 0.3) is 0 Å². The lowest BCUT2D eigenvalue weighted by atomic mass is 10.1. The third kappa shape index (κ3) is 3.70. The van der Waals surface area contributed by atoms with Gasteiger partial charge in [-0.25, -0.2) is 0 Å². The van der Waals surface area contributed by atoms with Gasteiger partial charge in [-0.2, -0.15) is 0 Å². The fourth-order valence-corrected chi connectivity index (χ4v) is 2.10. The maximum Gasteiger partial charge on any atom is 0.231 e. The number of carbonyl (C=O) groups is 1. The van der Waals surface area contributed by atoms with Crippen LogP contribution in [0.3, 0.4) is 0 Å². The molecule has 4 nitrogen and oxygen atoms in total. The molecule has 0 saturated heterocycles. The molecule has 0 saturated carbocycles. The third-order valence-corrected chi connectivity index (χ3v) is 3.00. The quantitative estimate of drug-likeness (QED) is 0.741. The van der Waals surface area contributed by atoms with Crippen molar-refractivity contribution in [1.82, 2.24) is 0 Å². The molecule has 104 valence electrons. The van der Waals surface area contributed by atoms with E-state index >= 15 is 0 Å². The maximum atomic E-state index is 12.0. The summed E-state index contributed by atoms with van der Waals surface area (Å²) >= 11 is 0. The first-order chi connectivity index (χ1) is 9.06. The van der Waals surface area contributed by atoms with Crippen molar-refractivity contribution >= 4 is 5.78 Å². The topological polar surface area (TPSA) is 44.8 Å². The number of Topliss-reactive ketones (excluding diaryl/α,β-unsaturated/α-hetero) is 1. The molecule has 0 bridgehead atoms. The van der Waals surface area contributed by atoms with Crippen LogP contribution in [0.1, 0.15) is 37.6 Å². The smallest absolute Gasteiger partial charge is 0.231 e. The number of hydrogen-bond acceptors (Lipinski definition) is 4. The second kappa shape index (κ2) is 6.06. The minimum Gasteiger partial charge on any atom is -0.454 e. The maximum absolute atomic E-state index is 12.0. The van der Waals surface area contributed by atoms with Crippen molar-refractivity contribution in [3.05, 3.63) is 23.8 Å². The Kier molecular flexibility index (Phi) is 4.43. The molecule has 1 aliphatic rings. The second-order valence-corrected chi connectivity index (χ2v) is 5.24. The summed E-state index contributed by atoms with van der Waals surface area (Å²) in [6.07, 6.45) is 1.05. The van der Waals surface area contributed by atoms with E-state index in [1.165, 1.54) is 0 Å². The number of hydrogen-bond donors (Lipinski definition) is 0. The average Bonchev–Trinajstić information content (AvgIpc) is 2.82. The van der Waals surface area contributed by atoms with Crippen molar-refractivity contribution < 1.29 is 19.0 Å². The largest absolute Gasteiger partial charge is 0.454 e. The van der Waals surface area contributed by atoms with Crippen molar-refractivity contribution in [2.24, 2.45) is 5.92 Å². The summed E-state index contributed by atoms with van der Waals surface area (Å²) in [5.74, 6) is 1.84. The summed E-state index contributed by atoms with van der Waals surface area (Å²) < 4.78 is 16.0. The van der Waals surface area contributed by atoms with Gasteiger partial charge in [0.2, 0.25) is 6.79 Å². The first-order valence-electron chi connectivity index (χ1n) is 6.60. The van der Waals surface area contributed by atoms with Gasteiger partial charge in [0.05, 0.1) is 6.10 Å². The molecule has 1 aromatic carbocycles. The first-order valence-corrected chi connectivity index (χ1v) is 6.60. The molecule has 0 spiro atoms. The highest BCUT2D eigenvalue weighted by molar-refractivity contribution is 5.97. The van der Waals surface area contributed by atoms with Crippen LogP contribution in [-0.4, -0.2) is 25.3 Å². The van der Waals surface area contributed by atoms with Crippen LogP contribution in [0.2, 0.25) is 0 Å². The van der Waals surface area contributed by atoms with E-state index in [-0.39, 0.29) is 25.3 Å². The minimum absolute atomic E-state index is 0.0334. The first kappa shape index (κ1) is 13.9. The summed E-state index contributed by atoms with van der Waals surface area (Å²) in [4.78, 5) is 12.0. The molecule has 1 atom stereocenters. The summed E-state index contributed by atoms with van der Waals surface area (Å²) in [6, 6.07) is 5.21. The Hall–Kier alpha value is -1.55. The fourth-order valence-electron chi connectivity index (χ4n) is 2.10. The van der Waals surface area contributed by atoms with E-state index in [2.05, 4.69) is 13.8 Å². The van der Waals surface area contributed by atoms with E-state index in [9.17, 15) is 4.79 Å². The summed E-state index contributed by atoms with van der Waals surface area (Å²) in [5, 5.41) is 0. The van der Waals surface area contributed by atoms with E-state index in [4.69, 9.17) is 14.2 Å². The lowest BCUT2D eigenvalue weighted by Gasteiger charge is -2.14. The normalized spacial score (nSPS) is 14.7. The zero-order valence-corrected chi connectivity index (χ0v) is 11.6. The molecule has 1 aromatic rings. The SMILES string of the molecule is CC(C)CC(C)OCC(=O)c1ccc2c(c1)OCO2. The van der Waals surface area contributed by atoms with Crippen LogP contribution in [0.5, 0.6) is 11.5 Å². The number of carbonyl (C=O) groups excluding carboxylic acids is 1. The highest BCUT2D eigenvalue weighted by Crippen LogP contribution is 2.32. The number of rotatable bonds is 6. The predicted molar refractivity (Wildman–Crippen MR) is 71.8 cm³/mol. The van der Waals surface area contributed by atoms with Gasteiger partial charge in [-0.3, -0.25) is 4.79 Å². The van der Waals surface area contributed by atoms with Gasteiger partial charge in [-0.05, 0) is 37.5 Å². The van der Waals surface area contributed by atoms with E-state index in [1.807, 2.05) is 6.92 Å². The highest BCUT2D eigenvalue weighted by Gasteiger charge is 2.17. The summed E-state index contributed by atoms with van der Waals surface area (Å²) in [5.41, 5.74) is 0.598. The van der Waals surface area contributed by atoms with E-state index in [0.29, 0.717) is 23.0 Å². The van der Waals surface area contributed by atoms with E-state index in [0.717, 1.165) is 6.42 Å². The molecule has 1 heterocycles. The molecule has 2 rings (SSSR count). The standard InChI is InChI=1S/C15H20O4/c1-10(2)6-11(3)17-8-13(16)12-4-5-14-15(7-12)19-9-18-14/h4-5,7,10-11H,6,8-9H2,1-3H3. The molecule has 4 heteroatoms. The molecule has 0 fully saturated rings. The number of ether oxygens (including phenoxy) is 3. The third-order valence-electron chi connectivity index (χ3n) is 3.00. The molecule has 1 aliphatic heterocycles. The molecule has 19 heavy (non-hydrogen) atoms. The molecule has 0 radical (unpaired) electrons. The van der Waals surface area contributed by atoms with Crippen molar-refractivity contribution in [3.8, 4) is 11.5 Å². The predicted octanol–water partition coefficient (Wildman–Crippen LogP) is 3.05. The van der Waals surface area contributed by atoms with Gasteiger partial charge in [0, 0.05) is 5.56 Å². The van der Waals surface area contributed by atoms with Crippen molar-refractivity contribution in [2.45, 2.75) is 33.3 Å².